The Morgan fingerprint density at radius 3 is 2.23 bits per heavy atom. The second-order valence-corrected chi connectivity index (χ2v) is 11.5. The summed E-state index contributed by atoms with van der Waals surface area (Å²) in [7, 11) is -3.63. The minimum absolute atomic E-state index is 0.0429. The van der Waals surface area contributed by atoms with Crippen LogP contribution >= 0.6 is 11.6 Å². The fraction of sp³-hybridized carbons (Fsp3) is 0.310. The van der Waals surface area contributed by atoms with Crippen molar-refractivity contribution in [3.63, 3.8) is 0 Å². The lowest BCUT2D eigenvalue weighted by atomic mass is 10.0. The molecule has 39 heavy (non-hydrogen) atoms. The van der Waals surface area contributed by atoms with Crippen LogP contribution in [0.3, 0.4) is 0 Å². The van der Waals surface area contributed by atoms with E-state index in [0.717, 1.165) is 11.8 Å². The molecule has 0 radical (unpaired) electrons. The molecule has 0 aliphatic carbocycles. The maximum absolute atomic E-state index is 14.6. The molecule has 2 amide bonds. The Bertz CT molecular complexity index is 1350. The molecule has 0 saturated heterocycles. The molecule has 7 nitrogen and oxygen atoms in total. The number of nitrogens with one attached hydrogen (secondary N) is 1. The molecule has 10 heteroatoms. The van der Waals surface area contributed by atoms with Crippen LogP contribution in [-0.4, -0.2) is 50.5 Å². The molecule has 0 heterocycles. The van der Waals surface area contributed by atoms with Crippen LogP contribution in [0.4, 0.5) is 10.1 Å². The first-order valence-corrected chi connectivity index (χ1v) is 14.9. The summed E-state index contributed by atoms with van der Waals surface area (Å²) in [5.41, 5.74) is 1.57. The van der Waals surface area contributed by atoms with Crippen LogP contribution in [0.1, 0.15) is 30.9 Å². The van der Waals surface area contributed by atoms with Crippen molar-refractivity contribution in [1.82, 2.24) is 10.2 Å². The lowest BCUT2D eigenvalue weighted by molar-refractivity contribution is -0.141. The third-order valence-electron chi connectivity index (χ3n) is 6.19. The predicted octanol–water partition coefficient (Wildman–Crippen LogP) is 4.80. The summed E-state index contributed by atoms with van der Waals surface area (Å²) < 4.78 is 40.8. The third kappa shape index (κ3) is 8.80. The van der Waals surface area contributed by atoms with E-state index in [1.807, 2.05) is 30.3 Å². The SMILES string of the molecule is CCNC(=O)[C@H](Cc1ccccc1)N(Cc1ccccc1F)C(=O)CCCN(c1ccc(Cl)cc1)S(C)(=O)=O. The Kier molecular flexibility index (Phi) is 10.9. The summed E-state index contributed by atoms with van der Waals surface area (Å²) >= 11 is 5.95. The van der Waals surface area contributed by atoms with Gasteiger partial charge in [-0.1, -0.05) is 60.1 Å². The van der Waals surface area contributed by atoms with Crippen molar-refractivity contribution < 1.29 is 22.4 Å². The molecule has 3 rings (SSSR count). The summed E-state index contributed by atoms with van der Waals surface area (Å²) in [6.07, 6.45) is 1.49. The number of likely N-dealkylation sites (N-methyl/N-ethyl adjacent to an activating group) is 1. The molecule has 0 bridgehead atoms. The van der Waals surface area contributed by atoms with Crippen LogP contribution in [-0.2, 0) is 32.6 Å². The van der Waals surface area contributed by atoms with E-state index < -0.39 is 21.9 Å². The monoisotopic (exact) mass is 573 g/mol. The fourth-order valence-corrected chi connectivity index (χ4v) is 5.36. The molecule has 0 fully saturated rings. The number of benzene rings is 3. The van der Waals surface area contributed by atoms with Gasteiger partial charge >= 0.3 is 0 Å². The molecular weight excluding hydrogens is 541 g/mol. The summed E-state index contributed by atoms with van der Waals surface area (Å²) in [4.78, 5) is 28.2. The maximum Gasteiger partial charge on any atom is 0.243 e. The van der Waals surface area contributed by atoms with Gasteiger partial charge in [-0.2, -0.15) is 0 Å². The number of carbonyl (C=O) groups excluding carboxylic acids is 2. The van der Waals surface area contributed by atoms with E-state index in [0.29, 0.717) is 17.3 Å². The van der Waals surface area contributed by atoms with Crippen LogP contribution < -0.4 is 9.62 Å². The lowest BCUT2D eigenvalue weighted by Crippen LogP contribution is -2.50. The number of halogens is 2. The minimum Gasteiger partial charge on any atom is -0.355 e. The van der Waals surface area contributed by atoms with E-state index in [1.165, 1.54) is 15.3 Å². The average Bonchev–Trinajstić information content (AvgIpc) is 2.90. The van der Waals surface area contributed by atoms with Gasteiger partial charge in [0, 0.05) is 43.1 Å². The Morgan fingerprint density at radius 2 is 1.62 bits per heavy atom. The molecule has 0 aromatic heterocycles. The second kappa shape index (κ2) is 14.1. The van der Waals surface area contributed by atoms with Gasteiger partial charge in [0.25, 0.3) is 0 Å². The molecule has 0 aliphatic rings. The highest BCUT2D eigenvalue weighted by molar-refractivity contribution is 7.92. The Morgan fingerprint density at radius 1 is 0.974 bits per heavy atom. The van der Waals surface area contributed by atoms with E-state index in [2.05, 4.69) is 5.32 Å². The maximum atomic E-state index is 14.6. The largest absolute Gasteiger partial charge is 0.355 e. The van der Waals surface area contributed by atoms with Crippen molar-refractivity contribution in [2.75, 3.05) is 23.7 Å². The van der Waals surface area contributed by atoms with E-state index in [4.69, 9.17) is 11.6 Å². The number of nitrogens with zero attached hydrogens (tertiary/aromatic N) is 2. The molecule has 0 saturated carbocycles. The lowest BCUT2D eigenvalue weighted by Gasteiger charge is -2.32. The average molecular weight is 574 g/mol. The van der Waals surface area contributed by atoms with Gasteiger partial charge in [0.1, 0.15) is 11.9 Å². The van der Waals surface area contributed by atoms with Crippen molar-refractivity contribution in [2.45, 2.75) is 38.8 Å². The van der Waals surface area contributed by atoms with Crippen LogP contribution in [0.5, 0.6) is 0 Å². The van der Waals surface area contributed by atoms with Gasteiger partial charge in [-0.05, 0) is 49.2 Å². The fourth-order valence-electron chi connectivity index (χ4n) is 4.27. The standard InChI is InChI=1S/C29H33ClFN3O4S/c1-3-32-29(36)27(20-22-10-5-4-6-11-22)33(21-23-12-7-8-13-26(23)31)28(35)14-9-19-34(39(2,37)38)25-17-15-24(30)16-18-25/h4-8,10-13,15-18,27H,3,9,14,19-21H2,1-2H3,(H,32,36)/t27-/m0/s1. The minimum atomic E-state index is -3.63. The van der Waals surface area contributed by atoms with Gasteiger partial charge in [0.2, 0.25) is 21.8 Å². The van der Waals surface area contributed by atoms with E-state index in [9.17, 15) is 22.4 Å². The van der Waals surface area contributed by atoms with Crippen LogP contribution in [0.2, 0.25) is 5.02 Å². The Labute approximate surface area is 234 Å². The topological polar surface area (TPSA) is 86.8 Å². The highest BCUT2D eigenvalue weighted by Gasteiger charge is 2.30. The Hall–Kier alpha value is -3.43. The summed E-state index contributed by atoms with van der Waals surface area (Å²) in [5.74, 6) is -1.20. The number of amides is 2. The van der Waals surface area contributed by atoms with E-state index in [1.54, 1.807) is 49.4 Å². The number of hydrogen-bond donors (Lipinski definition) is 1. The van der Waals surface area contributed by atoms with Crippen molar-refractivity contribution >= 4 is 39.1 Å². The summed E-state index contributed by atoms with van der Waals surface area (Å²) in [5, 5.41) is 3.27. The van der Waals surface area contributed by atoms with Gasteiger partial charge in [-0.15, -0.1) is 0 Å². The van der Waals surface area contributed by atoms with Gasteiger partial charge in [0.15, 0.2) is 0 Å². The molecule has 1 N–H and O–H groups in total. The molecule has 3 aromatic rings. The van der Waals surface area contributed by atoms with Gasteiger partial charge in [-0.3, -0.25) is 13.9 Å². The first kappa shape index (κ1) is 30.1. The van der Waals surface area contributed by atoms with Crippen molar-refractivity contribution in [1.29, 1.82) is 0 Å². The van der Waals surface area contributed by atoms with Crippen molar-refractivity contribution in [3.8, 4) is 0 Å². The number of sulfonamides is 1. The quantitative estimate of drug-likeness (QED) is 0.318. The van der Waals surface area contributed by atoms with E-state index in [-0.39, 0.29) is 49.7 Å². The zero-order chi connectivity index (χ0) is 28.4. The molecule has 0 unspecified atom stereocenters. The van der Waals surface area contributed by atoms with Gasteiger partial charge in [0.05, 0.1) is 11.9 Å². The molecule has 208 valence electrons. The molecule has 3 aromatic carbocycles. The highest BCUT2D eigenvalue weighted by atomic mass is 35.5. The summed E-state index contributed by atoms with van der Waals surface area (Å²) in [6.45, 7) is 2.10. The second-order valence-electron chi connectivity index (χ2n) is 9.13. The van der Waals surface area contributed by atoms with E-state index >= 15 is 0 Å². The van der Waals surface area contributed by atoms with Gasteiger partial charge in [-0.25, -0.2) is 12.8 Å². The third-order valence-corrected chi connectivity index (χ3v) is 7.63. The normalized spacial score (nSPS) is 12.0. The Balaban J connectivity index is 1.86. The van der Waals surface area contributed by atoms with Gasteiger partial charge < -0.3 is 10.2 Å². The first-order chi connectivity index (χ1) is 18.6. The highest BCUT2D eigenvalue weighted by Crippen LogP contribution is 2.22. The number of rotatable bonds is 13. The first-order valence-electron chi connectivity index (χ1n) is 12.7. The molecule has 0 spiro atoms. The molecular formula is C29H33ClFN3O4S. The van der Waals surface area contributed by atoms with Crippen molar-refractivity contribution in [2.24, 2.45) is 0 Å². The van der Waals surface area contributed by atoms with Crippen LogP contribution in [0.15, 0.2) is 78.9 Å². The zero-order valence-electron chi connectivity index (χ0n) is 22.0. The van der Waals surface area contributed by atoms with Crippen LogP contribution in [0.25, 0.3) is 0 Å². The summed E-state index contributed by atoms with van der Waals surface area (Å²) in [6, 6.07) is 20.9. The predicted molar refractivity (Wildman–Crippen MR) is 152 cm³/mol. The smallest absolute Gasteiger partial charge is 0.243 e. The molecule has 0 aliphatic heterocycles. The zero-order valence-corrected chi connectivity index (χ0v) is 23.6. The number of anilines is 1. The van der Waals surface area contributed by atoms with Crippen LogP contribution in [0, 0.1) is 5.82 Å². The number of hydrogen-bond acceptors (Lipinski definition) is 4. The number of carbonyl (C=O) groups is 2. The van der Waals surface area contributed by atoms with Crippen molar-refractivity contribution in [3.05, 3.63) is 101 Å². The molecule has 1 atom stereocenters.